The summed E-state index contributed by atoms with van der Waals surface area (Å²) in [6, 6.07) is 3.52. The summed E-state index contributed by atoms with van der Waals surface area (Å²) in [7, 11) is 0. The van der Waals surface area contributed by atoms with Crippen LogP contribution in [0.1, 0.15) is 25.8 Å². The second-order valence-electron chi connectivity index (χ2n) is 5.11. The summed E-state index contributed by atoms with van der Waals surface area (Å²) in [5.74, 6) is -0.282. The van der Waals surface area contributed by atoms with Gasteiger partial charge in [0.25, 0.3) is 0 Å². The number of urea groups is 1. The number of rotatable bonds is 7. The van der Waals surface area contributed by atoms with E-state index in [-0.39, 0.29) is 25.0 Å². The Hall–Kier alpha value is -1.96. The van der Waals surface area contributed by atoms with Gasteiger partial charge in [-0.25, -0.2) is 4.79 Å². The molecule has 8 heteroatoms. The third-order valence-electron chi connectivity index (χ3n) is 3.11. The molecule has 0 bridgehead atoms. The Morgan fingerprint density at radius 2 is 1.96 bits per heavy atom. The van der Waals surface area contributed by atoms with Gasteiger partial charge < -0.3 is 20.5 Å². The first-order chi connectivity index (χ1) is 10.8. The van der Waals surface area contributed by atoms with Crippen molar-refractivity contribution in [3.63, 3.8) is 0 Å². The highest BCUT2D eigenvalue weighted by molar-refractivity contribution is 5.74. The largest absolute Gasteiger partial charge is 0.491 e. The number of carbonyl (C=O) groups is 1. The second-order valence-corrected chi connectivity index (χ2v) is 5.11. The zero-order chi connectivity index (χ0) is 17.5. The standard InChI is InChI=1S/C15H21F3N2O3/c1-3-11(8-21)20-14(22)19-10(2)9-23-13-7-5-4-6-12(13)15(16,17)18/h4-7,10-11,21H,3,8-9H2,1-2H3,(H2,19,20,22). The van der Waals surface area contributed by atoms with Crippen molar-refractivity contribution in [2.75, 3.05) is 13.2 Å². The fourth-order valence-corrected chi connectivity index (χ4v) is 1.81. The maximum Gasteiger partial charge on any atom is 0.419 e. The molecule has 0 aliphatic carbocycles. The van der Waals surface area contributed by atoms with Crippen LogP contribution in [0, 0.1) is 0 Å². The molecule has 0 heterocycles. The van der Waals surface area contributed by atoms with E-state index in [2.05, 4.69) is 10.6 Å². The number of aliphatic hydroxyl groups is 1. The highest BCUT2D eigenvalue weighted by Crippen LogP contribution is 2.35. The number of aliphatic hydroxyl groups excluding tert-OH is 1. The Morgan fingerprint density at radius 1 is 1.30 bits per heavy atom. The summed E-state index contributed by atoms with van der Waals surface area (Å²) in [6.45, 7) is 3.11. The van der Waals surface area contributed by atoms with Crippen LogP contribution in [0.15, 0.2) is 24.3 Å². The Labute approximate surface area is 132 Å². The number of benzene rings is 1. The molecule has 0 aromatic heterocycles. The number of ether oxygens (including phenoxy) is 1. The molecule has 0 saturated carbocycles. The van der Waals surface area contributed by atoms with Gasteiger partial charge in [0.2, 0.25) is 0 Å². The van der Waals surface area contributed by atoms with E-state index < -0.39 is 23.8 Å². The highest BCUT2D eigenvalue weighted by Gasteiger charge is 2.34. The second kappa shape index (κ2) is 8.61. The highest BCUT2D eigenvalue weighted by atomic mass is 19.4. The number of hydrogen-bond donors (Lipinski definition) is 3. The number of carbonyl (C=O) groups excluding carboxylic acids is 1. The minimum absolute atomic E-state index is 0.115. The van der Waals surface area contributed by atoms with Crippen LogP contribution in [0.3, 0.4) is 0 Å². The average Bonchev–Trinajstić information content (AvgIpc) is 2.50. The fraction of sp³-hybridized carbons (Fsp3) is 0.533. The maximum atomic E-state index is 12.8. The molecule has 2 amide bonds. The van der Waals surface area contributed by atoms with E-state index >= 15 is 0 Å². The Kier molecular flexibility index (Phi) is 7.15. The Morgan fingerprint density at radius 3 is 2.52 bits per heavy atom. The van der Waals surface area contributed by atoms with Gasteiger partial charge in [-0.05, 0) is 25.5 Å². The molecular formula is C15H21F3N2O3. The van der Waals surface area contributed by atoms with Crippen molar-refractivity contribution in [2.45, 2.75) is 38.5 Å². The molecule has 0 aliphatic rings. The number of alkyl halides is 3. The lowest BCUT2D eigenvalue weighted by molar-refractivity contribution is -0.139. The van der Waals surface area contributed by atoms with E-state index in [1.165, 1.54) is 18.2 Å². The van der Waals surface area contributed by atoms with Gasteiger partial charge in [-0.2, -0.15) is 13.2 Å². The van der Waals surface area contributed by atoms with Crippen LogP contribution in [0.25, 0.3) is 0 Å². The maximum absolute atomic E-state index is 12.8. The molecule has 1 aromatic rings. The molecule has 0 spiro atoms. The molecular weight excluding hydrogens is 313 g/mol. The monoisotopic (exact) mass is 334 g/mol. The van der Waals surface area contributed by atoms with Gasteiger partial charge in [-0.1, -0.05) is 19.1 Å². The normalized spacial score (nSPS) is 14.0. The molecule has 2 unspecified atom stereocenters. The fourth-order valence-electron chi connectivity index (χ4n) is 1.81. The predicted octanol–water partition coefficient (Wildman–Crippen LogP) is 2.54. The zero-order valence-corrected chi connectivity index (χ0v) is 13.0. The summed E-state index contributed by atoms with van der Waals surface area (Å²) in [5, 5.41) is 14.1. The summed E-state index contributed by atoms with van der Waals surface area (Å²) in [5.41, 5.74) is -0.858. The first kappa shape index (κ1) is 19.1. The number of halogens is 3. The first-order valence-electron chi connectivity index (χ1n) is 7.24. The van der Waals surface area contributed by atoms with Gasteiger partial charge >= 0.3 is 12.2 Å². The van der Waals surface area contributed by atoms with Crippen molar-refractivity contribution >= 4 is 6.03 Å². The lowest BCUT2D eigenvalue weighted by Crippen LogP contribution is -2.48. The number of nitrogens with one attached hydrogen (secondary N) is 2. The van der Waals surface area contributed by atoms with Crippen LogP contribution in [0.4, 0.5) is 18.0 Å². The molecule has 1 aromatic carbocycles. The lowest BCUT2D eigenvalue weighted by Gasteiger charge is -2.20. The van der Waals surface area contributed by atoms with Crippen molar-refractivity contribution in [3.05, 3.63) is 29.8 Å². The van der Waals surface area contributed by atoms with Crippen LogP contribution in [0.5, 0.6) is 5.75 Å². The molecule has 0 aliphatic heterocycles. The van der Waals surface area contributed by atoms with Crippen molar-refractivity contribution in [3.8, 4) is 5.75 Å². The van der Waals surface area contributed by atoms with Crippen molar-refractivity contribution in [1.29, 1.82) is 0 Å². The van der Waals surface area contributed by atoms with E-state index in [9.17, 15) is 18.0 Å². The Bertz CT molecular complexity index is 505. The van der Waals surface area contributed by atoms with E-state index in [1.54, 1.807) is 6.92 Å². The molecule has 2 atom stereocenters. The van der Waals surface area contributed by atoms with Crippen LogP contribution >= 0.6 is 0 Å². The van der Waals surface area contributed by atoms with Crippen LogP contribution in [-0.2, 0) is 6.18 Å². The molecule has 1 rings (SSSR count). The third kappa shape index (κ3) is 6.35. The zero-order valence-electron chi connectivity index (χ0n) is 13.0. The minimum atomic E-state index is -4.50. The van der Waals surface area contributed by atoms with Crippen molar-refractivity contribution in [1.82, 2.24) is 10.6 Å². The minimum Gasteiger partial charge on any atom is -0.491 e. The van der Waals surface area contributed by atoms with Gasteiger partial charge in [0, 0.05) is 0 Å². The lowest BCUT2D eigenvalue weighted by atomic mass is 10.2. The Balaban J connectivity index is 2.54. The van der Waals surface area contributed by atoms with Crippen molar-refractivity contribution < 1.29 is 27.8 Å². The van der Waals surface area contributed by atoms with Gasteiger partial charge in [0.1, 0.15) is 12.4 Å². The summed E-state index contributed by atoms with van der Waals surface area (Å²) >= 11 is 0. The summed E-state index contributed by atoms with van der Waals surface area (Å²) < 4.78 is 43.6. The third-order valence-corrected chi connectivity index (χ3v) is 3.11. The smallest absolute Gasteiger partial charge is 0.419 e. The van der Waals surface area contributed by atoms with Gasteiger partial charge in [0.15, 0.2) is 0 Å². The predicted molar refractivity (Wildman–Crippen MR) is 79.2 cm³/mol. The molecule has 0 saturated heterocycles. The molecule has 3 N–H and O–H groups in total. The van der Waals surface area contributed by atoms with Crippen LogP contribution < -0.4 is 15.4 Å². The van der Waals surface area contributed by atoms with Gasteiger partial charge in [-0.3, -0.25) is 0 Å². The molecule has 0 fully saturated rings. The number of para-hydroxylation sites is 1. The van der Waals surface area contributed by atoms with Crippen molar-refractivity contribution in [2.24, 2.45) is 0 Å². The number of hydrogen-bond acceptors (Lipinski definition) is 3. The van der Waals surface area contributed by atoms with Gasteiger partial charge in [0.05, 0.1) is 24.3 Å². The topological polar surface area (TPSA) is 70.6 Å². The average molecular weight is 334 g/mol. The number of amides is 2. The molecule has 130 valence electrons. The van der Waals surface area contributed by atoms with Crippen LogP contribution in [-0.4, -0.2) is 36.4 Å². The first-order valence-corrected chi connectivity index (χ1v) is 7.24. The van der Waals surface area contributed by atoms with E-state index in [4.69, 9.17) is 9.84 Å². The summed E-state index contributed by atoms with van der Waals surface area (Å²) in [4.78, 5) is 11.7. The van der Waals surface area contributed by atoms with Crippen LogP contribution in [0.2, 0.25) is 0 Å². The summed E-state index contributed by atoms with van der Waals surface area (Å²) in [6.07, 6.45) is -3.94. The molecule has 23 heavy (non-hydrogen) atoms. The SMILES string of the molecule is CCC(CO)NC(=O)NC(C)COc1ccccc1C(F)(F)F. The molecule has 5 nitrogen and oxygen atoms in total. The van der Waals surface area contributed by atoms with E-state index in [0.29, 0.717) is 6.42 Å². The molecule has 0 radical (unpaired) electrons. The quantitative estimate of drug-likeness (QED) is 0.718. The van der Waals surface area contributed by atoms with Gasteiger partial charge in [-0.15, -0.1) is 0 Å². The van der Waals surface area contributed by atoms with E-state index in [1.807, 2.05) is 6.92 Å². The van der Waals surface area contributed by atoms with E-state index in [0.717, 1.165) is 6.07 Å².